The van der Waals surface area contributed by atoms with Crippen molar-refractivity contribution in [2.45, 2.75) is 46.7 Å². The van der Waals surface area contributed by atoms with Crippen molar-refractivity contribution in [3.05, 3.63) is 47.2 Å². The summed E-state index contributed by atoms with van der Waals surface area (Å²) >= 11 is 0. The van der Waals surface area contributed by atoms with Gasteiger partial charge in [-0.25, -0.2) is 0 Å². The highest BCUT2D eigenvalue weighted by Gasteiger charge is 2.31. The van der Waals surface area contributed by atoms with Crippen molar-refractivity contribution in [1.82, 2.24) is 19.7 Å². The van der Waals surface area contributed by atoms with E-state index in [0.29, 0.717) is 24.6 Å². The van der Waals surface area contributed by atoms with Crippen molar-refractivity contribution >= 4 is 16.9 Å². The molecule has 136 valence electrons. The first-order chi connectivity index (χ1) is 12.4. The van der Waals surface area contributed by atoms with Crippen LogP contribution in [0, 0.1) is 19.8 Å². The molecule has 0 spiro atoms. The molecule has 3 aromatic rings. The van der Waals surface area contributed by atoms with E-state index < -0.39 is 0 Å². The molecular weight excluding hydrogens is 328 g/mol. The van der Waals surface area contributed by atoms with Gasteiger partial charge in [-0.05, 0) is 50.5 Å². The number of fused-ring (bicyclic) bond motifs is 2. The third-order valence-corrected chi connectivity index (χ3v) is 4.98. The Hall–Kier alpha value is -2.63. The predicted octanol–water partition coefficient (Wildman–Crippen LogP) is 3.88. The number of hydrogen-bond donors (Lipinski definition) is 0. The van der Waals surface area contributed by atoms with E-state index in [1.165, 1.54) is 0 Å². The summed E-state index contributed by atoms with van der Waals surface area (Å²) in [5, 5.41) is 9.49. The molecule has 1 atom stereocenters. The third-order valence-electron chi connectivity index (χ3n) is 4.98. The van der Waals surface area contributed by atoms with E-state index in [0.717, 1.165) is 34.8 Å². The van der Waals surface area contributed by atoms with E-state index in [2.05, 4.69) is 28.6 Å². The average Bonchev–Trinajstić information content (AvgIpc) is 3.14. The van der Waals surface area contributed by atoms with Crippen LogP contribution in [0.4, 0.5) is 0 Å². The van der Waals surface area contributed by atoms with Crippen LogP contribution >= 0.6 is 0 Å². The van der Waals surface area contributed by atoms with E-state index in [1.54, 1.807) is 0 Å². The minimum absolute atomic E-state index is 0.0337. The molecule has 0 saturated heterocycles. The van der Waals surface area contributed by atoms with E-state index >= 15 is 0 Å². The Morgan fingerprint density at radius 1 is 1.27 bits per heavy atom. The standard InChI is InChI=1S/C20H24N4O2/c1-12(2)7-17-10-23(11-19-22-21-14(4)24(17)19)20(25)15-5-6-18-16(9-15)8-13(3)26-18/h5-6,8-9,12,17H,7,10-11H2,1-4H3/t17-/m0/s1. The van der Waals surface area contributed by atoms with Crippen LogP contribution in [0.5, 0.6) is 0 Å². The summed E-state index contributed by atoms with van der Waals surface area (Å²) in [5.41, 5.74) is 1.50. The molecule has 4 rings (SSSR count). The lowest BCUT2D eigenvalue weighted by Crippen LogP contribution is -2.42. The Morgan fingerprint density at radius 2 is 2.08 bits per heavy atom. The normalized spacial score (nSPS) is 17.1. The van der Waals surface area contributed by atoms with Gasteiger partial charge in [-0.2, -0.15) is 0 Å². The Bertz CT molecular complexity index is 970. The van der Waals surface area contributed by atoms with Crippen LogP contribution in [0.25, 0.3) is 11.0 Å². The molecule has 6 nitrogen and oxygen atoms in total. The van der Waals surface area contributed by atoms with E-state index in [-0.39, 0.29) is 11.9 Å². The maximum absolute atomic E-state index is 13.1. The lowest BCUT2D eigenvalue weighted by molar-refractivity contribution is 0.0661. The van der Waals surface area contributed by atoms with Gasteiger partial charge >= 0.3 is 0 Å². The molecule has 6 heteroatoms. The van der Waals surface area contributed by atoms with Gasteiger partial charge in [0.1, 0.15) is 17.2 Å². The third kappa shape index (κ3) is 2.89. The molecule has 0 unspecified atom stereocenters. The highest BCUT2D eigenvalue weighted by atomic mass is 16.3. The SMILES string of the molecule is Cc1cc2cc(C(=O)N3Cc4nnc(C)n4[C@@H](CC(C)C)C3)ccc2o1. The first-order valence-corrected chi connectivity index (χ1v) is 9.12. The van der Waals surface area contributed by atoms with Gasteiger partial charge in [0.15, 0.2) is 5.82 Å². The van der Waals surface area contributed by atoms with Crippen LogP contribution in [0.1, 0.15) is 54.1 Å². The lowest BCUT2D eigenvalue weighted by Gasteiger charge is -2.35. The molecule has 0 radical (unpaired) electrons. The molecule has 3 heterocycles. The van der Waals surface area contributed by atoms with Gasteiger partial charge in [-0.3, -0.25) is 4.79 Å². The van der Waals surface area contributed by atoms with Gasteiger partial charge < -0.3 is 13.9 Å². The minimum Gasteiger partial charge on any atom is -0.461 e. The first-order valence-electron chi connectivity index (χ1n) is 9.12. The molecule has 26 heavy (non-hydrogen) atoms. The number of furan rings is 1. The van der Waals surface area contributed by atoms with E-state index in [1.807, 2.05) is 43.0 Å². The number of benzene rings is 1. The lowest BCUT2D eigenvalue weighted by atomic mass is 10.0. The van der Waals surface area contributed by atoms with Crippen LogP contribution in [0.2, 0.25) is 0 Å². The number of hydrogen-bond acceptors (Lipinski definition) is 4. The Labute approximate surface area is 152 Å². The summed E-state index contributed by atoms with van der Waals surface area (Å²) in [5.74, 6) is 3.21. The second-order valence-corrected chi connectivity index (χ2v) is 7.61. The maximum atomic E-state index is 13.1. The van der Waals surface area contributed by atoms with Crippen LogP contribution in [-0.4, -0.2) is 32.1 Å². The molecule has 0 saturated carbocycles. The number of rotatable bonds is 3. The van der Waals surface area contributed by atoms with Gasteiger partial charge in [0, 0.05) is 17.5 Å². The largest absolute Gasteiger partial charge is 0.461 e. The van der Waals surface area contributed by atoms with Gasteiger partial charge in [0.05, 0.1) is 12.6 Å². The summed E-state index contributed by atoms with van der Waals surface area (Å²) in [6.45, 7) is 9.49. The second-order valence-electron chi connectivity index (χ2n) is 7.61. The van der Waals surface area contributed by atoms with E-state index in [9.17, 15) is 4.79 Å². The molecular formula is C20H24N4O2. The van der Waals surface area contributed by atoms with Crippen molar-refractivity contribution in [3.63, 3.8) is 0 Å². The van der Waals surface area contributed by atoms with Crippen LogP contribution < -0.4 is 0 Å². The summed E-state index contributed by atoms with van der Waals surface area (Å²) in [6, 6.07) is 7.81. The molecule has 1 amide bonds. The van der Waals surface area contributed by atoms with Crippen molar-refractivity contribution in [3.8, 4) is 0 Å². The van der Waals surface area contributed by atoms with Gasteiger partial charge in [-0.1, -0.05) is 13.8 Å². The monoisotopic (exact) mass is 352 g/mol. The zero-order valence-electron chi connectivity index (χ0n) is 15.7. The first kappa shape index (κ1) is 16.8. The van der Waals surface area contributed by atoms with Gasteiger partial charge in [0.2, 0.25) is 0 Å². The smallest absolute Gasteiger partial charge is 0.254 e. The highest BCUT2D eigenvalue weighted by Crippen LogP contribution is 2.29. The zero-order chi connectivity index (χ0) is 18.4. The Morgan fingerprint density at radius 3 is 2.85 bits per heavy atom. The fourth-order valence-corrected chi connectivity index (χ4v) is 3.94. The van der Waals surface area contributed by atoms with Crippen molar-refractivity contribution in [1.29, 1.82) is 0 Å². The fraction of sp³-hybridized carbons (Fsp3) is 0.450. The number of aryl methyl sites for hydroxylation is 2. The zero-order valence-corrected chi connectivity index (χ0v) is 15.7. The summed E-state index contributed by atoms with van der Waals surface area (Å²) in [7, 11) is 0. The van der Waals surface area contributed by atoms with Crippen molar-refractivity contribution in [2.24, 2.45) is 5.92 Å². The average molecular weight is 352 g/mol. The molecule has 1 aliphatic rings. The van der Waals surface area contributed by atoms with Crippen molar-refractivity contribution in [2.75, 3.05) is 6.54 Å². The predicted molar refractivity (Wildman–Crippen MR) is 98.9 cm³/mol. The summed E-state index contributed by atoms with van der Waals surface area (Å²) in [6.07, 6.45) is 0.996. The van der Waals surface area contributed by atoms with E-state index in [4.69, 9.17) is 4.42 Å². The minimum atomic E-state index is 0.0337. The summed E-state index contributed by atoms with van der Waals surface area (Å²) < 4.78 is 7.81. The fourth-order valence-electron chi connectivity index (χ4n) is 3.94. The number of carbonyl (C=O) groups excluding carboxylic acids is 1. The number of nitrogens with zero attached hydrogens (tertiary/aromatic N) is 4. The number of aromatic nitrogens is 3. The van der Waals surface area contributed by atoms with Crippen LogP contribution in [-0.2, 0) is 6.54 Å². The molecule has 0 N–H and O–H groups in total. The molecule has 1 aliphatic heterocycles. The van der Waals surface area contributed by atoms with Crippen LogP contribution in [0.3, 0.4) is 0 Å². The van der Waals surface area contributed by atoms with Crippen molar-refractivity contribution < 1.29 is 9.21 Å². The van der Waals surface area contributed by atoms with Crippen LogP contribution in [0.15, 0.2) is 28.7 Å². The molecule has 1 aromatic carbocycles. The van der Waals surface area contributed by atoms with Gasteiger partial charge in [0.25, 0.3) is 5.91 Å². The summed E-state index contributed by atoms with van der Waals surface area (Å²) in [4.78, 5) is 15.0. The molecule has 0 aliphatic carbocycles. The Balaban J connectivity index is 1.65. The molecule has 0 bridgehead atoms. The molecule has 2 aromatic heterocycles. The number of carbonyl (C=O) groups is 1. The quantitative estimate of drug-likeness (QED) is 0.717. The molecule has 0 fully saturated rings. The highest BCUT2D eigenvalue weighted by molar-refractivity contribution is 5.97. The Kier molecular flexibility index (Phi) is 4.05. The topological polar surface area (TPSA) is 64.2 Å². The second kappa shape index (κ2) is 6.27. The number of amides is 1. The van der Waals surface area contributed by atoms with Gasteiger partial charge in [-0.15, -0.1) is 10.2 Å². The maximum Gasteiger partial charge on any atom is 0.254 e.